The molecule has 0 aliphatic heterocycles. The second kappa shape index (κ2) is 7.92. The Morgan fingerprint density at radius 2 is 1.09 bits per heavy atom. The van der Waals surface area contributed by atoms with Crippen molar-refractivity contribution in [3.05, 3.63) is 102 Å². The first-order valence-electron chi connectivity index (χ1n) is 7.12. The van der Waals surface area contributed by atoms with Crippen LogP contribution in [0.5, 0.6) is 0 Å². The molecule has 0 heterocycles. The highest BCUT2D eigenvalue weighted by Gasteiger charge is 2.04. The van der Waals surface area contributed by atoms with Crippen LogP contribution in [0.25, 0.3) is 4.91 Å². The summed E-state index contributed by atoms with van der Waals surface area (Å²) in [7, 11) is 0. The fourth-order valence-corrected chi connectivity index (χ4v) is 3.82. The van der Waals surface area contributed by atoms with Crippen molar-refractivity contribution in [1.82, 2.24) is 0 Å². The molecule has 3 aromatic carbocycles. The van der Waals surface area contributed by atoms with Gasteiger partial charge in [-0.15, -0.1) is 0 Å². The van der Waals surface area contributed by atoms with Gasteiger partial charge in [-0.25, -0.2) is 0 Å². The Bertz CT molecular complexity index is 719. The summed E-state index contributed by atoms with van der Waals surface area (Å²) in [5.74, 6) is 0. The van der Waals surface area contributed by atoms with Crippen LogP contribution >= 0.6 is 23.5 Å². The fraction of sp³-hybridized carbons (Fsp3) is 0. The third kappa shape index (κ3) is 4.30. The van der Waals surface area contributed by atoms with Gasteiger partial charge in [0.05, 0.1) is 0 Å². The minimum atomic E-state index is 1.25. The normalized spacial score (nSPS) is 11.4. The number of rotatable bonds is 5. The summed E-state index contributed by atoms with van der Waals surface area (Å²) in [6, 6.07) is 31.5. The maximum atomic E-state index is 2.24. The van der Waals surface area contributed by atoms with Crippen molar-refractivity contribution in [2.75, 3.05) is 0 Å². The molecule has 0 aliphatic carbocycles. The summed E-state index contributed by atoms with van der Waals surface area (Å²) < 4.78 is 0. The average Bonchev–Trinajstić information content (AvgIpc) is 2.61. The maximum Gasteiger partial charge on any atom is 0.0261 e. The van der Waals surface area contributed by atoms with Gasteiger partial charge in [0.15, 0.2) is 0 Å². The van der Waals surface area contributed by atoms with Crippen molar-refractivity contribution in [2.24, 2.45) is 0 Å². The lowest BCUT2D eigenvalue weighted by atomic mass is 10.2. The summed E-state index contributed by atoms with van der Waals surface area (Å²) in [5.41, 5.74) is 1.25. The Hall–Kier alpha value is -1.90. The summed E-state index contributed by atoms with van der Waals surface area (Å²) >= 11 is 3.56. The molecular weight excluding hydrogens is 304 g/mol. The zero-order chi connectivity index (χ0) is 15.0. The van der Waals surface area contributed by atoms with Crippen LogP contribution in [0.4, 0.5) is 0 Å². The van der Waals surface area contributed by atoms with Gasteiger partial charge >= 0.3 is 0 Å². The van der Waals surface area contributed by atoms with Gasteiger partial charge in [0.1, 0.15) is 0 Å². The van der Waals surface area contributed by atoms with Gasteiger partial charge in [-0.3, -0.25) is 0 Å². The summed E-state index contributed by atoms with van der Waals surface area (Å²) in [5, 5.41) is 2.24. The first kappa shape index (κ1) is 15.0. The minimum Gasteiger partial charge on any atom is -0.0969 e. The Morgan fingerprint density at radius 1 is 0.591 bits per heavy atom. The Labute approximate surface area is 140 Å². The molecule has 3 aromatic rings. The molecule has 108 valence electrons. The Kier molecular flexibility index (Phi) is 5.41. The maximum absolute atomic E-state index is 2.24. The highest BCUT2D eigenvalue weighted by atomic mass is 32.2. The van der Waals surface area contributed by atoms with Crippen LogP contribution in [-0.2, 0) is 0 Å². The van der Waals surface area contributed by atoms with Gasteiger partial charge in [-0.05, 0) is 35.2 Å². The Balaban J connectivity index is 1.86. The average molecular weight is 320 g/mol. The molecule has 0 amide bonds. The summed E-state index contributed by atoms with van der Waals surface area (Å²) in [6.45, 7) is 0. The van der Waals surface area contributed by atoms with Crippen LogP contribution in [-0.4, -0.2) is 0 Å². The van der Waals surface area contributed by atoms with Crippen LogP contribution in [0.2, 0.25) is 0 Å². The molecule has 0 fully saturated rings. The standard InChI is InChI=1S/C20H16S2/c1-4-10-17(11-5-1)20(22-19-14-8-3-9-15-19)16-21-18-12-6-2-7-13-18/h1-16H/b20-16+. The molecule has 0 unspecified atom stereocenters. The predicted molar refractivity (Wildman–Crippen MR) is 99.0 cm³/mol. The van der Waals surface area contributed by atoms with E-state index in [2.05, 4.69) is 90.3 Å². The van der Waals surface area contributed by atoms with E-state index in [4.69, 9.17) is 0 Å². The number of benzene rings is 3. The molecule has 3 rings (SSSR count). The largest absolute Gasteiger partial charge is 0.0969 e. The number of hydrogen-bond donors (Lipinski definition) is 0. The molecule has 0 atom stereocenters. The lowest BCUT2D eigenvalue weighted by Gasteiger charge is -2.08. The number of hydrogen-bond acceptors (Lipinski definition) is 2. The quantitative estimate of drug-likeness (QED) is 0.488. The van der Waals surface area contributed by atoms with Gasteiger partial charge < -0.3 is 0 Å². The van der Waals surface area contributed by atoms with E-state index in [-0.39, 0.29) is 0 Å². The first-order valence-corrected chi connectivity index (χ1v) is 8.81. The summed E-state index contributed by atoms with van der Waals surface area (Å²) in [6.07, 6.45) is 0. The van der Waals surface area contributed by atoms with Crippen molar-refractivity contribution in [1.29, 1.82) is 0 Å². The van der Waals surface area contributed by atoms with Gasteiger partial charge in [-0.2, -0.15) is 0 Å². The molecule has 0 bridgehead atoms. The summed E-state index contributed by atoms with van der Waals surface area (Å²) in [4.78, 5) is 3.77. The van der Waals surface area contributed by atoms with Crippen molar-refractivity contribution < 1.29 is 0 Å². The second-order valence-electron chi connectivity index (χ2n) is 4.69. The van der Waals surface area contributed by atoms with Crippen molar-refractivity contribution in [3.63, 3.8) is 0 Å². The van der Waals surface area contributed by atoms with Gasteiger partial charge in [-0.1, -0.05) is 90.3 Å². The third-order valence-corrected chi connectivity index (χ3v) is 5.20. The monoisotopic (exact) mass is 320 g/mol. The lowest BCUT2D eigenvalue weighted by Crippen LogP contribution is -1.79. The van der Waals surface area contributed by atoms with Crippen LogP contribution in [0, 0.1) is 0 Å². The van der Waals surface area contributed by atoms with E-state index in [9.17, 15) is 0 Å². The molecule has 0 radical (unpaired) electrons. The zero-order valence-electron chi connectivity index (χ0n) is 12.1. The molecule has 22 heavy (non-hydrogen) atoms. The fourth-order valence-electron chi connectivity index (χ4n) is 1.99. The molecular formula is C20H16S2. The van der Waals surface area contributed by atoms with E-state index in [1.165, 1.54) is 20.3 Å². The Morgan fingerprint density at radius 3 is 1.68 bits per heavy atom. The van der Waals surface area contributed by atoms with Crippen LogP contribution in [0.3, 0.4) is 0 Å². The SMILES string of the molecule is C(/Sc1ccccc1)=C(\Sc1ccccc1)c1ccccc1. The van der Waals surface area contributed by atoms with E-state index in [0.717, 1.165) is 0 Å². The number of thioether (sulfide) groups is 2. The van der Waals surface area contributed by atoms with Crippen molar-refractivity contribution in [2.45, 2.75) is 9.79 Å². The highest BCUT2D eigenvalue weighted by Crippen LogP contribution is 2.37. The second-order valence-corrected chi connectivity index (χ2v) is 6.75. The van der Waals surface area contributed by atoms with Crippen LogP contribution < -0.4 is 0 Å². The highest BCUT2D eigenvalue weighted by molar-refractivity contribution is 8.10. The topological polar surface area (TPSA) is 0 Å². The lowest BCUT2D eigenvalue weighted by molar-refractivity contribution is 1.47. The smallest absolute Gasteiger partial charge is 0.0261 e. The van der Waals surface area contributed by atoms with Gasteiger partial charge in [0.2, 0.25) is 0 Å². The van der Waals surface area contributed by atoms with Gasteiger partial charge in [0.25, 0.3) is 0 Å². The van der Waals surface area contributed by atoms with Crippen LogP contribution in [0.1, 0.15) is 5.56 Å². The van der Waals surface area contributed by atoms with Crippen LogP contribution in [0.15, 0.2) is 106 Å². The first-order chi connectivity index (χ1) is 10.9. The predicted octanol–water partition coefficient (Wildman–Crippen LogP) is 6.57. The van der Waals surface area contributed by atoms with Crippen molar-refractivity contribution >= 4 is 28.4 Å². The van der Waals surface area contributed by atoms with E-state index in [0.29, 0.717) is 0 Å². The van der Waals surface area contributed by atoms with E-state index in [1.807, 2.05) is 6.07 Å². The van der Waals surface area contributed by atoms with Gasteiger partial charge in [0, 0.05) is 14.7 Å². The molecule has 0 saturated heterocycles. The van der Waals surface area contributed by atoms with E-state index >= 15 is 0 Å². The molecule has 0 nitrogen and oxygen atoms in total. The molecule has 0 spiro atoms. The van der Waals surface area contributed by atoms with Crippen molar-refractivity contribution in [3.8, 4) is 0 Å². The molecule has 2 heteroatoms. The van der Waals surface area contributed by atoms with E-state index < -0.39 is 0 Å². The molecule has 0 aliphatic rings. The zero-order valence-corrected chi connectivity index (χ0v) is 13.7. The van der Waals surface area contributed by atoms with E-state index in [1.54, 1.807) is 23.5 Å². The molecule has 0 saturated carbocycles. The minimum absolute atomic E-state index is 1.25. The third-order valence-electron chi connectivity index (χ3n) is 3.07. The molecule has 0 aromatic heterocycles. The molecule has 0 N–H and O–H groups in total.